The lowest BCUT2D eigenvalue weighted by Crippen LogP contribution is -2.04. The summed E-state index contributed by atoms with van der Waals surface area (Å²) in [6, 6.07) is 3.13. The van der Waals surface area contributed by atoms with Gasteiger partial charge in [0.25, 0.3) is 6.47 Å². The predicted octanol–water partition coefficient (Wildman–Crippen LogP) is 2.35. The molecule has 0 radical (unpaired) electrons. The van der Waals surface area contributed by atoms with Gasteiger partial charge in [-0.2, -0.15) is 0 Å². The second-order valence-corrected chi connectivity index (χ2v) is 3.88. The van der Waals surface area contributed by atoms with Crippen LogP contribution in [0.3, 0.4) is 0 Å². The maximum Gasteiger partial charge on any atom is 0.336 e. The van der Waals surface area contributed by atoms with Crippen LogP contribution in [0.2, 0.25) is 0 Å². The summed E-state index contributed by atoms with van der Waals surface area (Å²) < 4.78 is 4.80. The minimum absolute atomic E-state index is 0.154. The molecular formula is C12H14O4. The summed E-state index contributed by atoms with van der Waals surface area (Å²) in [7, 11) is 0. The number of carboxylic acids is 1. The third-order valence-electron chi connectivity index (χ3n) is 2.38. The highest BCUT2D eigenvalue weighted by atomic mass is 16.5. The highest BCUT2D eigenvalue weighted by molar-refractivity contribution is 5.90. The number of aromatic carboxylic acids is 1. The van der Waals surface area contributed by atoms with E-state index >= 15 is 0 Å². The largest absolute Gasteiger partial charge is 0.478 e. The minimum Gasteiger partial charge on any atom is -0.478 e. The quantitative estimate of drug-likeness (QED) is 0.794. The van der Waals surface area contributed by atoms with Crippen LogP contribution in [0.5, 0.6) is 5.75 Å². The van der Waals surface area contributed by atoms with E-state index in [4.69, 9.17) is 9.84 Å². The zero-order valence-electron chi connectivity index (χ0n) is 9.48. The zero-order valence-corrected chi connectivity index (χ0v) is 9.48. The average molecular weight is 222 g/mol. The SMILES string of the molecule is Cc1cc(C(C)C)c(OC=O)cc1C(=O)O. The van der Waals surface area contributed by atoms with Gasteiger partial charge < -0.3 is 9.84 Å². The molecule has 0 aliphatic heterocycles. The third kappa shape index (κ3) is 2.39. The van der Waals surface area contributed by atoms with E-state index in [1.165, 1.54) is 6.07 Å². The molecule has 0 amide bonds. The number of carbonyl (C=O) groups is 2. The Morgan fingerprint density at radius 3 is 2.50 bits per heavy atom. The fraction of sp³-hybridized carbons (Fsp3) is 0.333. The van der Waals surface area contributed by atoms with Gasteiger partial charge in [-0.05, 0) is 30.0 Å². The van der Waals surface area contributed by atoms with Crippen molar-refractivity contribution in [2.75, 3.05) is 0 Å². The normalized spacial score (nSPS) is 10.2. The number of hydrogen-bond acceptors (Lipinski definition) is 3. The molecule has 4 nitrogen and oxygen atoms in total. The number of aryl methyl sites for hydroxylation is 1. The van der Waals surface area contributed by atoms with Crippen LogP contribution in [0.1, 0.15) is 41.3 Å². The van der Waals surface area contributed by atoms with Gasteiger partial charge in [-0.15, -0.1) is 0 Å². The van der Waals surface area contributed by atoms with Crippen LogP contribution in [-0.4, -0.2) is 17.5 Å². The molecule has 0 bridgehead atoms. The maximum absolute atomic E-state index is 10.9. The zero-order chi connectivity index (χ0) is 12.3. The molecule has 1 N–H and O–H groups in total. The van der Waals surface area contributed by atoms with Crippen molar-refractivity contribution in [1.29, 1.82) is 0 Å². The first-order valence-corrected chi connectivity index (χ1v) is 4.95. The van der Waals surface area contributed by atoms with Crippen LogP contribution in [0.15, 0.2) is 12.1 Å². The van der Waals surface area contributed by atoms with E-state index in [9.17, 15) is 9.59 Å². The summed E-state index contributed by atoms with van der Waals surface area (Å²) in [5.41, 5.74) is 1.64. The number of ether oxygens (including phenoxy) is 1. The molecule has 0 heterocycles. The predicted molar refractivity (Wildman–Crippen MR) is 58.9 cm³/mol. The van der Waals surface area contributed by atoms with Crippen molar-refractivity contribution in [2.45, 2.75) is 26.7 Å². The van der Waals surface area contributed by atoms with E-state index in [1.54, 1.807) is 13.0 Å². The summed E-state index contributed by atoms with van der Waals surface area (Å²) in [6.45, 7) is 5.93. The molecule has 0 aliphatic rings. The Kier molecular flexibility index (Phi) is 3.66. The number of carbonyl (C=O) groups excluding carboxylic acids is 1. The second-order valence-electron chi connectivity index (χ2n) is 3.88. The molecule has 16 heavy (non-hydrogen) atoms. The topological polar surface area (TPSA) is 63.6 Å². The molecule has 0 aliphatic carbocycles. The first-order chi connectivity index (χ1) is 7.47. The van der Waals surface area contributed by atoms with E-state index in [1.807, 2.05) is 13.8 Å². The van der Waals surface area contributed by atoms with Crippen LogP contribution in [0.4, 0.5) is 0 Å². The fourth-order valence-electron chi connectivity index (χ4n) is 1.55. The van der Waals surface area contributed by atoms with E-state index in [-0.39, 0.29) is 11.5 Å². The first kappa shape index (κ1) is 12.2. The lowest BCUT2D eigenvalue weighted by atomic mass is 9.96. The van der Waals surface area contributed by atoms with Crippen molar-refractivity contribution < 1.29 is 19.4 Å². The highest BCUT2D eigenvalue weighted by Crippen LogP contribution is 2.29. The van der Waals surface area contributed by atoms with Crippen molar-refractivity contribution in [3.05, 3.63) is 28.8 Å². The van der Waals surface area contributed by atoms with Crippen molar-refractivity contribution in [1.82, 2.24) is 0 Å². The van der Waals surface area contributed by atoms with E-state index in [0.29, 0.717) is 17.8 Å². The van der Waals surface area contributed by atoms with Crippen molar-refractivity contribution in [3.63, 3.8) is 0 Å². The summed E-state index contributed by atoms with van der Waals surface area (Å²) in [6.07, 6.45) is 0. The monoisotopic (exact) mass is 222 g/mol. The van der Waals surface area contributed by atoms with Crippen molar-refractivity contribution in [3.8, 4) is 5.75 Å². The summed E-state index contributed by atoms with van der Waals surface area (Å²) in [5, 5.41) is 8.94. The summed E-state index contributed by atoms with van der Waals surface area (Å²) >= 11 is 0. The fourth-order valence-corrected chi connectivity index (χ4v) is 1.55. The summed E-state index contributed by atoms with van der Waals surface area (Å²) in [5.74, 6) is -0.548. The van der Waals surface area contributed by atoms with E-state index in [2.05, 4.69) is 0 Å². The van der Waals surface area contributed by atoms with Crippen molar-refractivity contribution in [2.24, 2.45) is 0 Å². The minimum atomic E-state index is -1.02. The molecule has 1 rings (SSSR count). The standard InChI is InChI=1S/C12H14O4/c1-7(2)9-4-8(3)10(12(14)15)5-11(9)16-6-13/h4-7H,1-3H3,(H,14,15). The van der Waals surface area contributed by atoms with E-state index < -0.39 is 5.97 Å². The Morgan fingerprint density at radius 1 is 1.44 bits per heavy atom. The lowest BCUT2D eigenvalue weighted by Gasteiger charge is -2.13. The van der Waals surface area contributed by atoms with Gasteiger partial charge in [-0.25, -0.2) is 4.79 Å². The number of benzene rings is 1. The van der Waals surface area contributed by atoms with Gasteiger partial charge in [-0.3, -0.25) is 4.79 Å². The molecule has 0 aromatic heterocycles. The van der Waals surface area contributed by atoms with Crippen molar-refractivity contribution >= 4 is 12.4 Å². The Bertz CT molecular complexity index is 421. The maximum atomic E-state index is 10.9. The lowest BCUT2D eigenvalue weighted by molar-refractivity contribution is -0.120. The average Bonchev–Trinajstić information content (AvgIpc) is 2.19. The summed E-state index contributed by atoms with van der Waals surface area (Å²) in [4.78, 5) is 21.3. The molecule has 1 aromatic rings. The Hall–Kier alpha value is -1.84. The molecule has 4 heteroatoms. The van der Waals surface area contributed by atoms with Gasteiger partial charge in [0.1, 0.15) is 5.75 Å². The van der Waals surface area contributed by atoms with Crippen LogP contribution < -0.4 is 4.74 Å². The smallest absolute Gasteiger partial charge is 0.336 e. The Balaban J connectivity index is 3.36. The second kappa shape index (κ2) is 4.79. The van der Waals surface area contributed by atoms with Gasteiger partial charge in [0.05, 0.1) is 5.56 Å². The van der Waals surface area contributed by atoms with Gasteiger partial charge >= 0.3 is 5.97 Å². The number of carboxylic acid groups (broad SMARTS) is 1. The molecule has 0 unspecified atom stereocenters. The molecule has 0 saturated heterocycles. The van der Waals surface area contributed by atoms with Crippen LogP contribution >= 0.6 is 0 Å². The Morgan fingerprint density at radius 2 is 2.06 bits per heavy atom. The molecule has 86 valence electrons. The molecular weight excluding hydrogens is 208 g/mol. The van der Waals surface area contributed by atoms with Gasteiger partial charge in [0.15, 0.2) is 0 Å². The van der Waals surface area contributed by atoms with E-state index in [0.717, 1.165) is 5.56 Å². The van der Waals surface area contributed by atoms with Crippen LogP contribution in [-0.2, 0) is 4.79 Å². The third-order valence-corrected chi connectivity index (χ3v) is 2.38. The van der Waals surface area contributed by atoms with Gasteiger partial charge in [0, 0.05) is 0 Å². The molecule has 1 aromatic carbocycles. The molecule has 0 atom stereocenters. The molecule has 0 fully saturated rings. The van der Waals surface area contributed by atoms with Crippen LogP contribution in [0, 0.1) is 6.92 Å². The Labute approximate surface area is 93.9 Å². The first-order valence-electron chi connectivity index (χ1n) is 4.95. The highest BCUT2D eigenvalue weighted by Gasteiger charge is 2.15. The van der Waals surface area contributed by atoms with Gasteiger partial charge in [0.2, 0.25) is 0 Å². The molecule has 0 spiro atoms. The van der Waals surface area contributed by atoms with Crippen LogP contribution in [0.25, 0.3) is 0 Å². The van der Waals surface area contributed by atoms with Gasteiger partial charge in [-0.1, -0.05) is 19.9 Å². The molecule has 0 saturated carbocycles. The number of hydrogen-bond donors (Lipinski definition) is 1. The number of rotatable bonds is 4.